The number of benzene rings is 1. The zero-order chi connectivity index (χ0) is 22.5. The lowest BCUT2D eigenvalue weighted by Gasteiger charge is -2.24. The van der Waals surface area contributed by atoms with Crippen molar-refractivity contribution in [3.05, 3.63) is 36.5 Å². The molecule has 1 fully saturated rings. The highest BCUT2D eigenvalue weighted by atomic mass is 16.5. The smallest absolute Gasteiger partial charge is 0.160 e. The molecule has 0 spiro atoms. The maximum atomic E-state index is 9.94. The highest BCUT2D eigenvalue weighted by molar-refractivity contribution is 5.92. The number of pyridine rings is 1. The van der Waals surface area contributed by atoms with E-state index in [1.54, 1.807) is 7.05 Å². The molecule has 8 nitrogen and oxygen atoms in total. The van der Waals surface area contributed by atoms with E-state index < -0.39 is 6.10 Å². The standard InChI is InChI=1S/C24H33N5O3/c1-16(2)29-24-21(14-26-29)23(27-18-7-9-31-10-8-18)12-22(28-24)17-5-4-6-20(11-17)32-15-19(30)13-25-3/h4-6,11-12,14,16,18-19,25,30H,7-10,13,15H2,1-3H3,(H,27,28). The van der Waals surface area contributed by atoms with Crippen LogP contribution in [0.5, 0.6) is 5.75 Å². The summed E-state index contributed by atoms with van der Waals surface area (Å²) in [5, 5.41) is 22.2. The Labute approximate surface area is 188 Å². The number of ether oxygens (including phenoxy) is 2. The Morgan fingerprint density at radius 1 is 1.25 bits per heavy atom. The lowest BCUT2D eigenvalue weighted by Crippen LogP contribution is -2.29. The van der Waals surface area contributed by atoms with E-state index in [1.807, 2.05) is 35.1 Å². The number of aromatic nitrogens is 3. The summed E-state index contributed by atoms with van der Waals surface area (Å²) < 4.78 is 13.3. The molecule has 172 valence electrons. The van der Waals surface area contributed by atoms with Crippen molar-refractivity contribution in [1.82, 2.24) is 20.1 Å². The molecular formula is C24H33N5O3. The minimum Gasteiger partial charge on any atom is -0.491 e. The monoisotopic (exact) mass is 439 g/mol. The number of likely N-dealkylation sites (N-methyl/N-ethyl adjacent to an activating group) is 1. The zero-order valence-corrected chi connectivity index (χ0v) is 19.0. The Bertz CT molecular complexity index is 1030. The Morgan fingerprint density at radius 3 is 2.81 bits per heavy atom. The van der Waals surface area contributed by atoms with Gasteiger partial charge in [0.1, 0.15) is 18.5 Å². The molecule has 3 heterocycles. The zero-order valence-electron chi connectivity index (χ0n) is 19.0. The van der Waals surface area contributed by atoms with Crippen LogP contribution in [-0.2, 0) is 4.74 Å². The Hall–Kier alpha value is -2.68. The third kappa shape index (κ3) is 5.20. The van der Waals surface area contributed by atoms with Crippen LogP contribution in [0.25, 0.3) is 22.3 Å². The van der Waals surface area contributed by atoms with Crippen molar-refractivity contribution in [3.63, 3.8) is 0 Å². The van der Waals surface area contributed by atoms with Crippen molar-refractivity contribution in [2.24, 2.45) is 0 Å². The van der Waals surface area contributed by atoms with Crippen LogP contribution < -0.4 is 15.4 Å². The summed E-state index contributed by atoms with van der Waals surface area (Å²) in [6.45, 7) is 6.49. The first-order valence-electron chi connectivity index (χ1n) is 11.3. The normalized spacial score (nSPS) is 15.9. The van der Waals surface area contributed by atoms with Crippen LogP contribution in [0.2, 0.25) is 0 Å². The summed E-state index contributed by atoms with van der Waals surface area (Å²) in [5.74, 6) is 0.704. The van der Waals surface area contributed by atoms with Crippen molar-refractivity contribution in [1.29, 1.82) is 0 Å². The molecule has 4 rings (SSSR count). The van der Waals surface area contributed by atoms with Crippen LogP contribution in [0.3, 0.4) is 0 Å². The van der Waals surface area contributed by atoms with Crippen molar-refractivity contribution in [2.75, 3.05) is 38.7 Å². The molecule has 1 saturated heterocycles. The van der Waals surface area contributed by atoms with Gasteiger partial charge < -0.3 is 25.2 Å². The van der Waals surface area contributed by atoms with Gasteiger partial charge in [-0.2, -0.15) is 5.10 Å². The number of nitrogens with one attached hydrogen (secondary N) is 2. The van der Waals surface area contributed by atoms with Crippen LogP contribution in [0.15, 0.2) is 36.5 Å². The molecule has 1 unspecified atom stereocenters. The number of anilines is 1. The van der Waals surface area contributed by atoms with Gasteiger partial charge in [-0.25, -0.2) is 9.67 Å². The number of hydrogen-bond acceptors (Lipinski definition) is 7. The fourth-order valence-corrected chi connectivity index (χ4v) is 3.96. The summed E-state index contributed by atoms with van der Waals surface area (Å²) in [6.07, 6.45) is 3.30. The van der Waals surface area contributed by atoms with Crippen LogP contribution in [0, 0.1) is 0 Å². The van der Waals surface area contributed by atoms with E-state index >= 15 is 0 Å². The van der Waals surface area contributed by atoms with E-state index in [-0.39, 0.29) is 12.6 Å². The molecule has 0 aliphatic carbocycles. The van der Waals surface area contributed by atoms with Crippen LogP contribution in [0.1, 0.15) is 32.7 Å². The van der Waals surface area contributed by atoms with Gasteiger partial charge in [-0.1, -0.05) is 12.1 Å². The number of rotatable bonds is 9. The predicted octanol–water partition coefficient (Wildman–Crippen LogP) is 3.23. The molecular weight excluding hydrogens is 406 g/mol. The molecule has 3 N–H and O–H groups in total. The Morgan fingerprint density at radius 2 is 2.06 bits per heavy atom. The van der Waals surface area contributed by atoms with Gasteiger partial charge in [0.05, 0.1) is 17.3 Å². The Kier molecular flexibility index (Phi) is 7.24. The molecule has 8 heteroatoms. The quantitative estimate of drug-likeness (QED) is 0.471. The maximum absolute atomic E-state index is 9.94. The van der Waals surface area contributed by atoms with Gasteiger partial charge in [-0.15, -0.1) is 0 Å². The predicted molar refractivity (Wildman–Crippen MR) is 126 cm³/mol. The first-order chi connectivity index (χ1) is 15.5. The van der Waals surface area contributed by atoms with E-state index in [0.717, 1.165) is 54.0 Å². The van der Waals surface area contributed by atoms with Gasteiger partial charge >= 0.3 is 0 Å². The molecule has 32 heavy (non-hydrogen) atoms. The molecule has 1 aliphatic heterocycles. The molecule has 0 amide bonds. The van der Waals surface area contributed by atoms with Gasteiger partial charge in [0.15, 0.2) is 5.65 Å². The van der Waals surface area contributed by atoms with Crippen molar-refractivity contribution >= 4 is 16.7 Å². The first-order valence-corrected chi connectivity index (χ1v) is 11.3. The first kappa shape index (κ1) is 22.5. The summed E-state index contributed by atoms with van der Waals surface area (Å²) >= 11 is 0. The van der Waals surface area contributed by atoms with Crippen molar-refractivity contribution in [2.45, 2.75) is 44.9 Å². The third-order valence-corrected chi connectivity index (χ3v) is 5.65. The molecule has 0 saturated carbocycles. The van der Waals surface area contributed by atoms with Gasteiger partial charge in [-0.05, 0) is 51.9 Å². The average Bonchev–Trinajstić information content (AvgIpc) is 3.24. The van der Waals surface area contributed by atoms with Crippen molar-refractivity contribution in [3.8, 4) is 17.0 Å². The molecule has 2 aromatic heterocycles. The number of aliphatic hydroxyl groups excluding tert-OH is 1. The summed E-state index contributed by atoms with van der Waals surface area (Å²) in [5.41, 5.74) is 3.72. The molecule has 3 aromatic rings. The molecule has 1 aliphatic rings. The molecule has 1 atom stereocenters. The SMILES string of the molecule is CNCC(O)COc1cccc(-c2cc(NC3CCOCC3)c3cnn(C(C)C)c3n2)c1. The van der Waals surface area contributed by atoms with Gasteiger partial charge in [-0.3, -0.25) is 0 Å². The van der Waals surface area contributed by atoms with Crippen LogP contribution in [0.4, 0.5) is 5.69 Å². The van der Waals surface area contributed by atoms with Gasteiger partial charge in [0.25, 0.3) is 0 Å². The minimum absolute atomic E-state index is 0.203. The van der Waals surface area contributed by atoms with Crippen molar-refractivity contribution < 1.29 is 14.6 Å². The average molecular weight is 440 g/mol. The van der Waals surface area contributed by atoms with Gasteiger partial charge in [0.2, 0.25) is 0 Å². The highest BCUT2D eigenvalue weighted by Crippen LogP contribution is 2.32. The largest absolute Gasteiger partial charge is 0.491 e. The van der Waals surface area contributed by atoms with Crippen LogP contribution in [-0.4, -0.2) is 65.4 Å². The Balaban J connectivity index is 1.67. The topological polar surface area (TPSA) is 93.5 Å². The molecule has 0 radical (unpaired) electrons. The lowest BCUT2D eigenvalue weighted by atomic mass is 10.1. The van der Waals surface area contributed by atoms with Gasteiger partial charge in [0, 0.05) is 43.1 Å². The second-order valence-corrected chi connectivity index (χ2v) is 8.56. The second kappa shape index (κ2) is 10.3. The summed E-state index contributed by atoms with van der Waals surface area (Å²) in [4.78, 5) is 4.97. The fraction of sp³-hybridized carbons (Fsp3) is 0.500. The third-order valence-electron chi connectivity index (χ3n) is 5.65. The molecule has 0 bridgehead atoms. The summed E-state index contributed by atoms with van der Waals surface area (Å²) in [7, 11) is 1.81. The van der Waals surface area contributed by atoms with E-state index in [0.29, 0.717) is 18.3 Å². The number of aliphatic hydroxyl groups is 1. The van der Waals surface area contributed by atoms with E-state index in [2.05, 4.69) is 35.6 Å². The van der Waals surface area contributed by atoms with Crippen LogP contribution >= 0.6 is 0 Å². The number of nitrogens with zero attached hydrogens (tertiary/aromatic N) is 3. The number of hydrogen-bond donors (Lipinski definition) is 3. The fourth-order valence-electron chi connectivity index (χ4n) is 3.96. The lowest BCUT2D eigenvalue weighted by molar-refractivity contribution is 0.0905. The minimum atomic E-state index is -0.561. The maximum Gasteiger partial charge on any atom is 0.160 e. The highest BCUT2D eigenvalue weighted by Gasteiger charge is 2.19. The summed E-state index contributed by atoms with van der Waals surface area (Å²) in [6, 6.07) is 10.5. The van der Waals surface area contributed by atoms with E-state index in [9.17, 15) is 5.11 Å². The number of fused-ring (bicyclic) bond motifs is 1. The van der Waals surface area contributed by atoms with E-state index in [1.165, 1.54) is 0 Å². The second-order valence-electron chi connectivity index (χ2n) is 8.56. The molecule has 1 aromatic carbocycles. The van der Waals surface area contributed by atoms with E-state index in [4.69, 9.17) is 14.5 Å².